The molecule has 3 N–H and O–H groups in total. The van der Waals surface area contributed by atoms with E-state index < -0.39 is 0 Å². The molecular weight excluding hydrogens is 156 g/mol. The van der Waals surface area contributed by atoms with Crippen LogP contribution in [0.1, 0.15) is 13.8 Å². The van der Waals surface area contributed by atoms with Crippen LogP contribution in [0.15, 0.2) is 30.3 Å². The summed E-state index contributed by atoms with van der Waals surface area (Å²) in [5.74, 6) is 0.488. The number of carbonyl (C=O) groups is 1. The molecule has 3 heteroatoms. The average molecular weight is 170 g/mol. The van der Waals surface area contributed by atoms with Crippen molar-refractivity contribution in [3.05, 3.63) is 30.3 Å². The lowest BCUT2D eigenvalue weighted by Gasteiger charge is -1.82. The van der Waals surface area contributed by atoms with Crippen LogP contribution < -0.4 is 0 Å². The normalized spacial score (nSPS) is 7.17. The number of rotatable bonds is 0. The average Bonchev–Trinajstić information content (AvgIpc) is 1.87. The summed E-state index contributed by atoms with van der Waals surface area (Å²) in [5, 5.41) is 8.63. The minimum atomic E-state index is 0. The zero-order valence-electron chi connectivity index (χ0n) is 7.24. The number of aromatic hydroxyl groups is 1. The molecule has 0 radical (unpaired) electrons. The highest BCUT2D eigenvalue weighted by Gasteiger charge is 1.74. The van der Waals surface area contributed by atoms with Gasteiger partial charge >= 0.3 is 0 Å². The zero-order chi connectivity index (χ0) is 8.69. The molecule has 68 valence electrons. The monoisotopic (exact) mass is 170 g/mol. The number of carbonyl (C=O) groups excluding carboxylic acids is 1. The van der Waals surface area contributed by atoms with E-state index in [2.05, 4.69) is 0 Å². The van der Waals surface area contributed by atoms with Gasteiger partial charge in [-0.15, -0.1) is 0 Å². The van der Waals surface area contributed by atoms with Gasteiger partial charge in [0.05, 0.1) is 0 Å². The van der Waals surface area contributed by atoms with Crippen molar-refractivity contribution in [1.82, 2.24) is 0 Å². The number of Topliss-reactive ketones (excluding diaryl/α,β-unsaturated/α-hetero) is 1. The molecule has 0 fully saturated rings. The first kappa shape index (κ1) is 13.3. The number of hydrogen-bond donors (Lipinski definition) is 1. The molecule has 1 aromatic rings. The quantitative estimate of drug-likeness (QED) is 0.634. The molecule has 0 aliphatic carbocycles. The fourth-order valence-corrected chi connectivity index (χ4v) is 0.428. The molecule has 0 heterocycles. The summed E-state index contributed by atoms with van der Waals surface area (Å²) < 4.78 is 0. The SMILES string of the molecule is CC(C)=O.O.Oc1ccccc1. The summed E-state index contributed by atoms with van der Waals surface area (Å²) in [7, 11) is 0. The summed E-state index contributed by atoms with van der Waals surface area (Å²) in [6, 6.07) is 8.71. The Bertz CT molecular complexity index is 202. The van der Waals surface area contributed by atoms with Gasteiger partial charge in [-0.25, -0.2) is 0 Å². The van der Waals surface area contributed by atoms with Gasteiger partial charge in [-0.05, 0) is 26.0 Å². The maximum Gasteiger partial charge on any atom is 0.126 e. The molecular formula is C9H14O3. The first-order valence-electron chi connectivity index (χ1n) is 3.34. The summed E-state index contributed by atoms with van der Waals surface area (Å²) in [5.41, 5.74) is 0. The van der Waals surface area contributed by atoms with E-state index in [1.165, 1.54) is 13.8 Å². The third-order valence-electron chi connectivity index (χ3n) is 0.756. The molecule has 12 heavy (non-hydrogen) atoms. The van der Waals surface area contributed by atoms with Crippen LogP contribution in [0.3, 0.4) is 0 Å². The standard InChI is InChI=1S/C6H6O.C3H6O.H2O/c7-6-4-2-1-3-5-6;1-3(2)4;/h1-5,7H;1-2H3;1H2. The van der Waals surface area contributed by atoms with E-state index in [4.69, 9.17) is 5.11 Å². The topological polar surface area (TPSA) is 68.8 Å². The summed E-state index contributed by atoms with van der Waals surface area (Å²) in [4.78, 5) is 9.44. The van der Waals surface area contributed by atoms with E-state index in [9.17, 15) is 4.79 Å². The summed E-state index contributed by atoms with van der Waals surface area (Å²) in [6.45, 7) is 3.06. The van der Waals surface area contributed by atoms with Crippen LogP contribution in [0.4, 0.5) is 0 Å². The van der Waals surface area contributed by atoms with Crippen molar-refractivity contribution in [2.24, 2.45) is 0 Å². The Morgan fingerprint density at radius 2 is 1.50 bits per heavy atom. The van der Waals surface area contributed by atoms with Crippen LogP contribution in [0, 0.1) is 0 Å². The summed E-state index contributed by atoms with van der Waals surface area (Å²) in [6.07, 6.45) is 0. The van der Waals surface area contributed by atoms with Crippen molar-refractivity contribution in [1.29, 1.82) is 0 Å². The van der Waals surface area contributed by atoms with Gasteiger partial charge in [0.25, 0.3) is 0 Å². The Balaban J connectivity index is 0. The molecule has 0 aromatic heterocycles. The van der Waals surface area contributed by atoms with Gasteiger partial charge in [-0.1, -0.05) is 18.2 Å². The summed E-state index contributed by atoms with van der Waals surface area (Å²) >= 11 is 0. The Kier molecular flexibility index (Phi) is 8.56. The van der Waals surface area contributed by atoms with Crippen molar-refractivity contribution in [3.8, 4) is 5.75 Å². The highest BCUT2D eigenvalue weighted by Crippen LogP contribution is 2.02. The van der Waals surface area contributed by atoms with E-state index in [1.807, 2.05) is 6.07 Å². The fraction of sp³-hybridized carbons (Fsp3) is 0.222. The second-order valence-corrected chi connectivity index (χ2v) is 2.24. The second kappa shape index (κ2) is 7.75. The number of phenolic OH excluding ortho intramolecular Hbond substituents is 1. The second-order valence-electron chi connectivity index (χ2n) is 2.24. The van der Waals surface area contributed by atoms with Crippen LogP contribution >= 0.6 is 0 Å². The van der Waals surface area contributed by atoms with E-state index in [0.717, 1.165) is 0 Å². The lowest BCUT2D eigenvalue weighted by Crippen LogP contribution is -1.69. The molecule has 0 amide bonds. The molecule has 0 saturated carbocycles. The lowest BCUT2D eigenvalue weighted by molar-refractivity contribution is -0.114. The van der Waals surface area contributed by atoms with Crippen molar-refractivity contribution >= 4 is 5.78 Å². The molecule has 3 nitrogen and oxygen atoms in total. The Hall–Kier alpha value is -1.35. The molecule has 0 aliphatic heterocycles. The van der Waals surface area contributed by atoms with Crippen LogP contribution in [-0.2, 0) is 4.79 Å². The van der Waals surface area contributed by atoms with Crippen molar-refractivity contribution < 1.29 is 15.4 Å². The van der Waals surface area contributed by atoms with Crippen molar-refractivity contribution in [3.63, 3.8) is 0 Å². The Morgan fingerprint density at radius 1 is 1.17 bits per heavy atom. The maximum absolute atomic E-state index is 9.44. The lowest BCUT2D eigenvalue weighted by atomic mass is 10.3. The van der Waals surface area contributed by atoms with Gasteiger partial charge in [0.1, 0.15) is 11.5 Å². The maximum atomic E-state index is 9.44. The first-order chi connectivity index (χ1) is 5.13. The third-order valence-corrected chi connectivity index (χ3v) is 0.756. The highest BCUT2D eigenvalue weighted by atomic mass is 16.3. The molecule has 1 aromatic carbocycles. The smallest absolute Gasteiger partial charge is 0.126 e. The van der Waals surface area contributed by atoms with Gasteiger partial charge in [-0.2, -0.15) is 0 Å². The van der Waals surface area contributed by atoms with Crippen LogP contribution in [0.5, 0.6) is 5.75 Å². The minimum Gasteiger partial charge on any atom is -0.508 e. The van der Waals surface area contributed by atoms with Gasteiger partial charge < -0.3 is 15.4 Å². The largest absolute Gasteiger partial charge is 0.508 e. The molecule has 0 saturated heterocycles. The van der Waals surface area contributed by atoms with Crippen LogP contribution in [0.2, 0.25) is 0 Å². The number of benzene rings is 1. The molecule has 0 aliphatic rings. The van der Waals surface area contributed by atoms with Crippen molar-refractivity contribution in [2.45, 2.75) is 13.8 Å². The predicted octanol–water partition coefficient (Wildman–Crippen LogP) is 1.16. The molecule has 1 rings (SSSR count). The number of ketones is 1. The molecule has 0 unspecified atom stereocenters. The highest BCUT2D eigenvalue weighted by molar-refractivity contribution is 5.72. The Labute approximate surface area is 72.0 Å². The first-order valence-corrected chi connectivity index (χ1v) is 3.34. The van der Waals surface area contributed by atoms with E-state index >= 15 is 0 Å². The van der Waals surface area contributed by atoms with E-state index in [0.29, 0.717) is 5.75 Å². The van der Waals surface area contributed by atoms with E-state index in [1.54, 1.807) is 24.3 Å². The predicted molar refractivity (Wildman–Crippen MR) is 48.1 cm³/mol. The number of phenols is 1. The number of hydrogen-bond acceptors (Lipinski definition) is 2. The van der Waals surface area contributed by atoms with Crippen LogP contribution in [0.25, 0.3) is 0 Å². The molecule has 0 atom stereocenters. The molecule has 0 spiro atoms. The van der Waals surface area contributed by atoms with Gasteiger partial charge in [-0.3, -0.25) is 0 Å². The molecule has 0 bridgehead atoms. The van der Waals surface area contributed by atoms with Gasteiger partial charge in [0, 0.05) is 0 Å². The third kappa shape index (κ3) is 11.4. The van der Waals surface area contributed by atoms with Crippen molar-refractivity contribution in [2.75, 3.05) is 0 Å². The van der Waals surface area contributed by atoms with Crippen LogP contribution in [-0.4, -0.2) is 16.4 Å². The minimum absolute atomic E-state index is 0. The fourth-order valence-electron chi connectivity index (χ4n) is 0.428. The van der Waals surface area contributed by atoms with E-state index in [-0.39, 0.29) is 11.3 Å². The van der Waals surface area contributed by atoms with Gasteiger partial charge in [0.2, 0.25) is 0 Å². The Morgan fingerprint density at radius 3 is 1.67 bits per heavy atom. The van der Waals surface area contributed by atoms with Gasteiger partial charge in [0.15, 0.2) is 0 Å². The zero-order valence-corrected chi connectivity index (χ0v) is 7.24. The number of para-hydroxylation sites is 1.